The van der Waals surface area contributed by atoms with E-state index in [1.807, 2.05) is 37.3 Å². The van der Waals surface area contributed by atoms with Gasteiger partial charge in [-0.25, -0.2) is 0 Å². The van der Waals surface area contributed by atoms with Crippen LogP contribution >= 0.6 is 15.9 Å². The minimum absolute atomic E-state index is 0.0303. The van der Waals surface area contributed by atoms with Crippen LogP contribution in [0.25, 0.3) is 0 Å². The smallest absolute Gasteiger partial charge is 0.127 e. The van der Waals surface area contributed by atoms with E-state index in [1.165, 1.54) is 0 Å². The minimum Gasteiger partial charge on any atom is -0.496 e. The van der Waals surface area contributed by atoms with Crippen molar-refractivity contribution in [2.24, 2.45) is 0 Å². The summed E-state index contributed by atoms with van der Waals surface area (Å²) in [5, 5.41) is 3.44. The summed E-state index contributed by atoms with van der Waals surface area (Å²) in [5.74, 6) is 2.53. The lowest BCUT2D eigenvalue weighted by atomic mass is 9.93. The van der Waals surface area contributed by atoms with Gasteiger partial charge in [0.1, 0.15) is 17.2 Å². The van der Waals surface area contributed by atoms with Gasteiger partial charge in [0.05, 0.1) is 32.4 Å². The third-order valence-electron chi connectivity index (χ3n) is 4.82. The maximum atomic E-state index is 5.99. The molecule has 1 unspecified atom stereocenters. The van der Waals surface area contributed by atoms with Crippen LogP contribution in [0.1, 0.15) is 24.1 Å². The Bertz CT molecular complexity index is 741. The molecule has 1 N–H and O–H groups in total. The summed E-state index contributed by atoms with van der Waals surface area (Å²) in [6, 6.07) is 12.1. The highest BCUT2D eigenvalue weighted by Gasteiger charge is 2.31. The molecule has 1 saturated heterocycles. The zero-order valence-electron chi connectivity index (χ0n) is 16.1. The zero-order chi connectivity index (χ0) is 19.2. The molecule has 1 fully saturated rings. The van der Waals surface area contributed by atoms with Crippen molar-refractivity contribution >= 4 is 15.9 Å². The molecule has 0 saturated carbocycles. The number of hydrogen-bond acceptors (Lipinski definition) is 5. The van der Waals surface area contributed by atoms with Crippen molar-refractivity contribution in [3.05, 3.63) is 52.0 Å². The number of piperazine rings is 1. The lowest BCUT2D eigenvalue weighted by Gasteiger charge is -2.37. The van der Waals surface area contributed by atoms with Gasteiger partial charge in [-0.05, 0) is 37.3 Å². The molecule has 5 nitrogen and oxygen atoms in total. The summed E-state index contributed by atoms with van der Waals surface area (Å²) in [7, 11) is 3.41. The van der Waals surface area contributed by atoms with E-state index in [2.05, 4.69) is 32.2 Å². The quantitative estimate of drug-likeness (QED) is 0.716. The van der Waals surface area contributed by atoms with Crippen molar-refractivity contribution in [3.8, 4) is 17.2 Å². The van der Waals surface area contributed by atoms with E-state index in [1.54, 1.807) is 14.2 Å². The molecule has 0 radical (unpaired) electrons. The van der Waals surface area contributed by atoms with Crippen molar-refractivity contribution in [3.63, 3.8) is 0 Å². The fraction of sp³-hybridized carbons (Fsp3) is 0.429. The largest absolute Gasteiger partial charge is 0.496 e. The van der Waals surface area contributed by atoms with Gasteiger partial charge in [0.2, 0.25) is 0 Å². The van der Waals surface area contributed by atoms with E-state index in [0.29, 0.717) is 6.61 Å². The molecule has 0 amide bonds. The number of methoxy groups -OCH3 is 2. The van der Waals surface area contributed by atoms with Gasteiger partial charge in [0, 0.05) is 36.2 Å². The first kappa shape index (κ1) is 20.0. The van der Waals surface area contributed by atoms with Gasteiger partial charge in [-0.2, -0.15) is 0 Å². The summed E-state index contributed by atoms with van der Waals surface area (Å²) in [6.07, 6.45) is 0. The Morgan fingerprint density at radius 1 is 1.04 bits per heavy atom. The number of rotatable bonds is 7. The topological polar surface area (TPSA) is 43.0 Å². The Balaban J connectivity index is 2.21. The Morgan fingerprint density at radius 3 is 2.30 bits per heavy atom. The molecular formula is C21H27BrN2O3. The summed E-state index contributed by atoms with van der Waals surface area (Å²) >= 11 is 3.63. The molecule has 2 aromatic carbocycles. The molecule has 6 heteroatoms. The van der Waals surface area contributed by atoms with E-state index in [-0.39, 0.29) is 6.04 Å². The second-order valence-corrected chi connectivity index (χ2v) is 7.30. The Hall–Kier alpha value is -1.76. The van der Waals surface area contributed by atoms with Crippen LogP contribution in [0.5, 0.6) is 17.2 Å². The second kappa shape index (κ2) is 9.44. The van der Waals surface area contributed by atoms with Crippen LogP contribution in [0.2, 0.25) is 0 Å². The molecule has 27 heavy (non-hydrogen) atoms. The van der Waals surface area contributed by atoms with Crippen LogP contribution in [0.15, 0.2) is 40.9 Å². The van der Waals surface area contributed by atoms with E-state index >= 15 is 0 Å². The van der Waals surface area contributed by atoms with Crippen LogP contribution in [0, 0.1) is 0 Å². The molecule has 146 valence electrons. The average Bonchev–Trinajstić information content (AvgIpc) is 2.71. The van der Waals surface area contributed by atoms with Crippen molar-refractivity contribution < 1.29 is 14.2 Å². The van der Waals surface area contributed by atoms with Crippen LogP contribution in [-0.2, 0) is 0 Å². The Labute approximate surface area is 169 Å². The zero-order valence-corrected chi connectivity index (χ0v) is 17.7. The van der Waals surface area contributed by atoms with Crippen molar-refractivity contribution in [1.82, 2.24) is 10.2 Å². The van der Waals surface area contributed by atoms with Gasteiger partial charge in [0.15, 0.2) is 0 Å². The molecule has 1 heterocycles. The maximum Gasteiger partial charge on any atom is 0.127 e. The fourth-order valence-electron chi connectivity index (χ4n) is 3.64. The van der Waals surface area contributed by atoms with Crippen LogP contribution in [0.3, 0.4) is 0 Å². The van der Waals surface area contributed by atoms with Gasteiger partial charge >= 0.3 is 0 Å². The normalized spacial score (nSPS) is 16.0. The fourth-order valence-corrected chi connectivity index (χ4v) is 4.02. The highest BCUT2D eigenvalue weighted by Crippen LogP contribution is 2.44. The van der Waals surface area contributed by atoms with Crippen molar-refractivity contribution in [2.45, 2.75) is 13.0 Å². The van der Waals surface area contributed by atoms with Crippen molar-refractivity contribution in [2.75, 3.05) is 47.0 Å². The van der Waals surface area contributed by atoms with Gasteiger partial charge in [-0.1, -0.05) is 22.0 Å². The summed E-state index contributed by atoms with van der Waals surface area (Å²) < 4.78 is 18.5. The van der Waals surface area contributed by atoms with E-state index < -0.39 is 0 Å². The lowest BCUT2D eigenvalue weighted by molar-refractivity contribution is 0.188. The minimum atomic E-state index is -0.0303. The maximum absolute atomic E-state index is 5.99. The highest BCUT2D eigenvalue weighted by atomic mass is 79.9. The molecule has 0 aromatic heterocycles. The second-order valence-electron chi connectivity index (χ2n) is 6.38. The predicted molar refractivity (Wildman–Crippen MR) is 111 cm³/mol. The first-order valence-corrected chi connectivity index (χ1v) is 10.1. The molecule has 0 bridgehead atoms. The number of nitrogens with one attached hydrogen (secondary N) is 1. The van der Waals surface area contributed by atoms with Crippen LogP contribution in [0.4, 0.5) is 0 Å². The lowest BCUT2D eigenvalue weighted by Crippen LogP contribution is -2.45. The molecule has 0 spiro atoms. The summed E-state index contributed by atoms with van der Waals surface area (Å²) in [4.78, 5) is 2.46. The molecule has 2 aromatic rings. The Kier molecular flexibility index (Phi) is 6.99. The van der Waals surface area contributed by atoms with Gasteiger partial charge in [0.25, 0.3) is 0 Å². The third kappa shape index (κ3) is 4.39. The van der Waals surface area contributed by atoms with Gasteiger partial charge in [-0.15, -0.1) is 0 Å². The number of hydrogen-bond donors (Lipinski definition) is 1. The van der Waals surface area contributed by atoms with Gasteiger partial charge in [-0.3, -0.25) is 4.90 Å². The van der Waals surface area contributed by atoms with Crippen LogP contribution in [-0.4, -0.2) is 51.9 Å². The molecule has 0 aliphatic carbocycles. The Morgan fingerprint density at radius 2 is 1.70 bits per heavy atom. The molecule has 3 rings (SSSR count). The first-order valence-electron chi connectivity index (χ1n) is 9.27. The van der Waals surface area contributed by atoms with E-state index in [9.17, 15) is 0 Å². The number of halogens is 1. The third-order valence-corrected chi connectivity index (χ3v) is 5.32. The molecular weight excluding hydrogens is 408 g/mol. The molecule has 1 atom stereocenters. The summed E-state index contributed by atoms with van der Waals surface area (Å²) in [6.45, 7) is 6.40. The number of nitrogens with zero attached hydrogens (tertiary/aromatic N) is 1. The van der Waals surface area contributed by atoms with Gasteiger partial charge < -0.3 is 19.5 Å². The SMILES string of the molecule is CCOc1ccc(Br)cc1C(c1c(OC)cccc1OC)N1CCNCC1. The van der Waals surface area contributed by atoms with Crippen LogP contribution < -0.4 is 19.5 Å². The van der Waals surface area contributed by atoms with E-state index in [0.717, 1.165) is 59.0 Å². The predicted octanol–water partition coefficient (Wildman–Crippen LogP) is 3.86. The number of ether oxygens (including phenoxy) is 3. The highest BCUT2D eigenvalue weighted by molar-refractivity contribution is 9.10. The standard InChI is InChI=1S/C21H27BrN2O3/c1-4-27-17-9-8-15(22)14-16(17)21(24-12-10-23-11-13-24)20-18(25-2)6-5-7-19(20)26-3/h5-9,14,21,23H,4,10-13H2,1-3H3. The average molecular weight is 435 g/mol. The molecule has 1 aliphatic heterocycles. The number of benzene rings is 2. The molecule has 1 aliphatic rings. The monoisotopic (exact) mass is 434 g/mol. The van der Waals surface area contributed by atoms with E-state index in [4.69, 9.17) is 14.2 Å². The summed E-state index contributed by atoms with van der Waals surface area (Å²) in [5.41, 5.74) is 2.14. The first-order chi connectivity index (χ1) is 13.2. The van der Waals surface area contributed by atoms with Crippen molar-refractivity contribution in [1.29, 1.82) is 0 Å².